The molecular formula is C17H30N4O9S. The number of morpholine rings is 1. The fourth-order valence-corrected chi connectivity index (χ4v) is 2.53. The van der Waals surface area contributed by atoms with Crippen molar-refractivity contribution in [2.24, 2.45) is 0 Å². The van der Waals surface area contributed by atoms with Crippen molar-refractivity contribution in [2.75, 3.05) is 44.4 Å². The van der Waals surface area contributed by atoms with Gasteiger partial charge in [-0.15, -0.1) is 4.37 Å². The second-order valence-corrected chi connectivity index (χ2v) is 6.68. The van der Waals surface area contributed by atoms with Gasteiger partial charge in [-0.05, 0) is 20.6 Å². The Morgan fingerprint density at radius 2 is 1.77 bits per heavy atom. The van der Waals surface area contributed by atoms with Crippen LogP contribution < -0.4 is 15.0 Å². The molecule has 0 bridgehead atoms. The summed E-state index contributed by atoms with van der Waals surface area (Å²) >= 11 is 0.911. The van der Waals surface area contributed by atoms with Gasteiger partial charge in [-0.3, -0.25) is 0 Å². The summed E-state index contributed by atoms with van der Waals surface area (Å²) < 4.78 is 86.9. The Morgan fingerprint density at radius 1 is 1.19 bits per heavy atom. The zero-order valence-electron chi connectivity index (χ0n) is 25.1. The van der Waals surface area contributed by atoms with Crippen LogP contribution in [0.1, 0.15) is 32.9 Å². The van der Waals surface area contributed by atoms with E-state index in [1.807, 2.05) is 4.90 Å². The first kappa shape index (κ1) is 15.7. The first-order valence-corrected chi connectivity index (χ1v) is 9.43. The Morgan fingerprint density at radius 3 is 2.29 bits per heavy atom. The van der Waals surface area contributed by atoms with Crippen LogP contribution in [0.15, 0.2) is 0 Å². The number of carboxylic acid groups (broad SMARTS) is 2. The normalized spacial score (nSPS) is 22.7. The molecule has 0 aromatic carbocycles. The highest BCUT2D eigenvalue weighted by molar-refractivity contribution is 6.99. The number of ether oxygens (including phenoxy) is 2. The lowest BCUT2D eigenvalue weighted by atomic mass is 10.1. The SMILES string of the molecule is O=C(O)[C@H](O)[C@@H](O)C(=O)O.[2H]C([2H])([2H])C(NC[C@H](O)COc1nsnc1N1CCOCC1)(C([2H])([2H])[2H])C([2H])([2H])[2H]. The molecular weight excluding hydrogens is 436 g/mol. The van der Waals surface area contributed by atoms with Gasteiger partial charge in [0.1, 0.15) is 12.7 Å². The number of anilines is 1. The number of aliphatic hydroxyl groups is 3. The number of carboxylic acids is 2. The number of nitrogens with zero attached hydrogens (tertiary/aromatic N) is 3. The summed E-state index contributed by atoms with van der Waals surface area (Å²) in [4.78, 5) is 21.4. The molecule has 0 saturated carbocycles. The molecule has 178 valence electrons. The summed E-state index contributed by atoms with van der Waals surface area (Å²) in [6.07, 6.45) is -5.94. The molecule has 0 aliphatic carbocycles. The topological polar surface area (TPSA) is 195 Å². The molecule has 1 aromatic heterocycles. The first-order valence-electron chi connectivity index (χ1n) is 13.2. The molecule has 31 heavy (non-hydrogen) atoms. The van der Waals surface area contributed by atoms with Crippen molar-refractivity contribution >= 4 is 29.5 Å². The standard InChI is InChI=1S/C13H24N4O3S.C4H6O6/c1-13(2,3)14-8-10(18)9-20-12-11(15-21-16-12)17-4-6-19-7-5-17;5-1(3(7)8)2(6)4(9)10/h10,14,18H,4-9H2,1-3H3;1-2,5-6H,(H,7,8)(H,9,10)/t10-;1-,2-/m01/s1/i1D3,2D3,3D3;. The van der Waals surface area contributed by atoms with E-state index in [9.17, 15) is 14.7 Å². The van der Waals surface area contributed by atoms with Gasteiger partial charge in [-0.1, -0.05) is 0 Å². The van der Waals surface area contributed by atoms with Crippen LogP contribution in [-0.4, -0.2) is 110 Å². The number of nitrogens with one attached hydrogen (secondary N) is 1. The third kappa shape index (κ3) is 10.2. The fraction of sp³-hybridized carbons (Fsp3) is 0.765. The predicted octanol–water partition coefficient (Wildman–Crippen LogP) is -1.62. The first-order chi connectivity index (χ1) is 18.2. The van der Waals surface area contributed by atoms with Gasteiger partial charge in [0.15, 0.2) is 12.2 Å². The molecule has 1 aromatic rings. The fourth-order valence-electron chi connectivity index (χ4n) is 2.01. The molecule has 0 radical (unpaired) electrons. The van der Waals surface area contributed by atoms with Crippen LogP contribution in [-0.2, 0) is 14.3 Å². The molecule has 6 N–H and O–H groups in total. The highest BCUT2D eigenvalue weighted by Gasteiger charge is 2.29. The van der Waals surface area contributed by atoms with Crippen molar-refractivity contribution in [3.63, 3.8) is 0 Å². The molecule has 1 aliphatic heterocycles. The summed E-state index contributed by atoms with van der Waals surface area (Å²) in [5.74, 6) is -2.90. The molecule has 2 rings (SSSR count). The van der Waals surface area contributed by atoms with Gasteiger partial charge in [-0.25, -0.2) is 9.59 Å². The molecule has 2 heterocycles. The average molecular weight is 476 g/mol. The molecule has 3 atom stereocenters. The number of aliphatic carboxylic acids is 2. The number of rotatable bonds is 9. The van der Waals surface area contributed by atoms with E-state index in [1.165, 1.54) is 0 Å². The van der Waals surface area contributed by atoms with Crippen molar-refractivity contribution in [1.29, 1.82) is 0 Å². The minimum absolute atomic E-state index is 0.162. The van der Waals surface area contributed by atoms with Gasteiger partial charge >= 0.3 is 11.9 Å². The molecule has 1 saturated heterocycles. The number of aromatic nitrogens is 2. The lowest BCUT2D eigenvalue weighted by Crippen LogP contribution is -2.42. The van der Waals surface area contributed by atoms with E-state index in [0.717, 1.165) is 11.7 Å². The van der Waals surface area contributed by atoms with Crippen LogP contribution in [0.2, 0.25) is 0 Å². The smallest absolute Gasteiger partial charge is 0.335 e. The third-order valence-corrected chi connectivity index (χ3v) is 4.08. The lowest BCUT2D eigenvalue weighted by molar-refractivity contribution is -0.165. The maximum absolute atomic E-state index is 10.2. The quantitative estimate of drug-likeness (QED) is 0.239. The van der Waals surface area contributed by atoms with E-state index in [0.29, 0.717) is 32.1 Å². The second kappa shape index (κ2) is 12.7. The van der Waals surface area contributed by atoms with Gasteiger partial charge < -0.3 is 45.2 Å². The highest BCUT2D eigenvalue weighted by atomic mass is 32.1. The Bertz CT molecular complexity index is 917. The van der Waals surface area contributed by atoms with E-state index in [-0.39, 0.29) is 12.5 Å². The predicted molar refractivity (Wildman–Crippen MR) is 109 cm³/mol. The van der Waals surface area contributed by atoms with Gasteiger partial charge in [-0.2, -0.15) is 4.37 Å². The Labute approximate surface area is 196 Å². The summed E-state index contributed by atoms with van der Waals surface area (Å²) in [6.45, 7) is -9.00. The second-order valence-electron chi connectivity index (χ2n) is 6.15. The minimum atomic E-state index is -3.40. The van der Waals surface area contributed by atoms with Crippen LogP contribution >= 0.6 is 11.7 Å². The lowest BCUT2D eigenvalue weighted by Gasteiger charge is -2.27. The molecule has 14 heteroatoms. The zero-order chi connectivity index (χ0) is 31.1. The summed E-state index contributed by atoms with van der Waals surface area (Å²) in [5, 5.41) is 44.8. The van der Waals surface area contributed by atoms with Crippen LogP contribution in [0, 0.1) is 0 Å². The summed E-state index contributed by atoms with van der Waals surface area (Å²) in [6, 6.07) is 0. The van der Waals surface area contributed by atoms with Crippen molar-refractivity contribution in [3.8, 4) is 5.88 Å². The molecule has 0 unspecified atom stereocenters. The van der Waals surface area contributed by atoms with Crippen molar-refractivity contribution in [2.45, 2.75) is 44.4 Å². The largest absolute Gasteiger partial charge is 0.479 e. The molecule has 0 spiro atoms. The zero-order valence-corrected chi connectivity index (χ0v) is 16.9. The number of carbonyl (C=O) groups is 2. The highest BCUT2D eigenvalue weighted by Crippen LogP contribution is 2.26. The molecule has 1 aliphatic rings. The maximum atomic E-state index is 10.2. The van der Waals surface area contributed by atoms with E-state index in [1.54, 1.807) is 0 Å². The summed E-state index contributed by atoms with van der Waals surface area (Å²) in [5.41, 5.74) is -3.21. The molecule has 1 fully saturated rings. The van der Waals surface area contributed by atoms with Crippen LogP contribution in [0.5, 0.6) is 5.88 Å². The number of hydrogen-bond acceptors (Lipinski definition) is 12. The van der Waals surface area contributed by atoms with Crippen LogP contribution in [0.25, 0.3) is 0 Å². The van der Waals surface area contributed by atoms with E-state index >= 15 is 0 Å². The Kier molecular flexibility index (Phi) is 6.41. The number of hydrogen-bond donors (Lipinski definition) is 6. The molecule has 13 nitrogen and oxygen atoms in total. The monoisotopic (exact) mass is 475 g/mol. The third-order valence-electron chi connectivity index (χ3n) is 3.57. The minimum Gasteiger partial charge on any atom is -0.479 e. The van der Waals surface area contributed by atoms with Gasteiger partial charge in [0, 0.05) is 37.5 Å². The van der Waals surface area contributed by atoms with Gasteiger partial charge in [0.25, 0.3) is 5.88 Å². The van der Waals surface area contributed by atoms with E-state index < -0.39 is 62.9 Å². The van der Waals surface area contributed by atoms with E-state index in [2.05, 4.69) is 14.1 Å². The van der Waals surface area contributed by atoms with Crippen LogP contribution in [0.3, 0.4) is 0 Å². The van der Waals surface area contributed by atoms with E-state index in [4.69, 9.17) is 42.2 Å². The Hall–Kier alpha value is -2.10. The maximum Gasteiger partial charge on any atom is 0.335 e. The number of β-amino-alcohol motifs (C(OH)–C–C–N with tert-alkyl or cyclic N) is 1. The van der Waals surface area contributed by atoms with Gasteiger partial charge in [0.05, 0.1) is 24.9 Å². The van der Waals surface area contributed by atoms with Crippen molar-refractivity contribution in [1.82, 2.24) is 14.1 Å². The average Bonchev–Trinajstić information content (AvgIpc) is 3.29. The summed E-state index contributed by atoms with van der Waals surface area (Å²) in [7, 11) is 0. The molecule has 0 amide bonds. The Balaban J connectivity index is 0.000000680. The van der Waals surface area contributed by atoms with Crippen LogP contribution in [0.4, 0.5) is 5.82 Å². The van der Waals surface area contributed by atoms with Crippen molar-refractivity contribution < 1.29 is 56.9 Å². The number of aliphatic hydroxyl groups excluding tert-OH is 3. The van der Waals surface area contributed by atoms with Crippen molar-refractivity contribution in [3.05, 3.63) is 0 Å². The van der Waals surface area contributed by atoms with Gasteiger partial charge in [0.2, 0.25) is 5.82 Å².